The monoisotopic (exact) mass is 268 g/mol. The number of likely N-dealkylation sites (N-methyl/N-ethyl adjacent to an activating group) is 1. The summed E-state index contributed by atoms with van der Waals surface area (Å²) in [5.74, 6) is 1.23. The van der Waals surface area contributed by atoms with E-state index in [0.717, 1.165) is 31.9 Å². The molecule has 0 aliphatic carbocycles. The van der Waals surface area contributed by atoms with Crippen LogP contribution in [0.5, 0.6) is 5.88 Å². The Kier molecular flexibility index (Phi) is 7.14. The van der Waals surface area contributed by atoms with Crippen molar-refractivity contribution < 1.29 is 9.47 Å². The highest BCUT2D eigenvalue weighted by Gasteiger charge is 2.03. The van der Waals surface area contributed by atoms with E-state index in [1.54, 1.807) is 7.11 Å². The third-order valence-corrected chi connectivity index (χ3v) is 2.58. The third-order valence-electron chi connectivity index (χ3n) is 2.58. The minimum Gasteiger partial charge on any atom is -0.478 e. The molecule has 1 rings (SSSR count). The predicted molar refractivity (Wildman–Crippen MR) is 75.8 cm³/mol. The van der Waals surface area contributed by atoms with E-state index in [0.29, 0.717) is 18.4 Å². The van der Waals surface area contributed by atoms with Crippen molar-refractivity contribution in [1.82, 2.24) is 14.9 Å². The number of rotatable bonds is 9. The van der Waals surface area contributed by atoms with Gasteiger partial charge in [0.15, 0.2) is 0 Å². The molecular formula is C13H24N4O2. The quantitative estimate of drug-likeness (QED) is 0.725. The number of methoxy groups -OCH3 is 1. The van der Waals surface area contributed by atoms with E-state index in [4.69, 9.17) is 9.47 Å². The molecule has 0 saturated heterocycles. The van der Waals surface area contributed by atoms with E-state index in [1.165, 1.54) is 0 Å². The molecule has 0 aromatic carbocycles. The highest BCUT2D eigenvalue weighted by molar-refractivity contribution is 5.30. The first kappa shape index (κ1) is 15.7. The number of aryl methyl sites for hydroxylation is 1. The summed E-state index contributed by atoms with van der Waals surface area (Å²) in [4.78, 5) is 10.8. The summed E-state index contributed by atoms with van der Waals surface area (Å²) in [6.45, 7) is 7.83. The van der Waals surface area contributed by atoms with Gasteiger partial charge in [0.1, 0.15) is 0 Å². The van der Waals surface area contributed by atoms with Gasteiger partial charge >= 0.3 is 0 Å². The lowest BCUT2D eigenvalue weighted by atomic mass is 10.4. The normalized spacial score (nSPS) is 10.8. The maximum atomic E-state index is 5.39. The second kappa shape index (κ2) is 8.66. The lowest BCUT2D eigenvalue weighted by molar-refractivity contribution is 0.163. The van der Waals surface area contributed by atoms with Crippen molar-refractivity contribution in [2.24, 2.45) is 0 Å². The molecule has 0 aliphatic heterocycles. The molecule has 1 aromatic rings. The molecule has 0 radical (unpaired) electrons. The molecule has 108 valence electrons. The maximum Gasteiger partial charge on any atom is 0.226 e. The van der Waals surface area contributed by atoms with Gasteiger partial charge in [0.25, 0.3) is 0 Å². The molecule has 19 heavy (non-hydrogen) atoms. The number of hydrogen-bond acceptors (Lipinski definition) is 6. The number of ether oxygens (including phenoxy) is 2. The highest BCUT2D eigenvalue weighted by atomic mass is 16.5. The lowest BCUT2D eigenvalue weighted by Crippen LogP contribution is -2.28. The van der Waals surface area contributed by atoms with Crippen LogP contribution in [-0.2, 0) is 4.74 Å². The van der Waals surface area contributed by atoms with Crippen LogP contribution < -0.4 is 10.1 Å². The Morgan fingerprint density at radius 3 is 2.79 bits per heavy atom. The van der Waals surface area contributed by atoms with Gasteiger partial charge in [-0.3, -0.25) is 0 Å². The van der Waals surface area contributed by atoms with Gasteiger partial charge in [0, 0.05) is 38.5 Å². The summed E-state index contributed by atoms with van der Waals surface area (Å²) in [5, 5.41) is 3.21. The molecule has 0 spiro atoms. The molecule has 0 aliphatic rings. The van der Waals surface area contributed by atoms with Crippen LogP contribution >= 0.6 is 0 Å². The van der Waals surface area contributed by atoms with Crippen molar-refractivity contribution in [3.63, 3.8) is 0 Å². The fourth-order valence-corrected chi connectivity index (χ4v) is 1.56. The molecule has 0 fully saturated rings. The van der Waals surface area contributed by atoms with Crippen LogP contribution in [0.2, 0.25) is 0 Å². The first-order chi connectivity index (χ1) is 9.15. The van der Waals surface area contributed by atoms with Crippen molar-refractivity contribution in [1.29, 1.82) is 0 Å². The molecule has 0 atom stereocenters. The van der Waals surface area contributed by atoms with E-state index in [9.17, 15) is 0 Å². The van der Waals surface area contributed by atoms with Crippen molar-refractivity contribution in [3.8, 4) is 5.88 Å². The summed E-state index contributed by atoms with van der Waals surface area (Å²) in [6.07, 6.45) is 0. The van der Waals surface area contributed by atoms with Gasteiger partial charge in [-0.1, -0.05) is 0 Å². The zero-order valence-electron chi connectivity index (χ0n) is 12.3. The number of anilines is 1. The molecule has 1 heterocycles. The van der Waals surface area contributed by atoms with Gasteiger partial charge in [-0.15, -0.1) is 0 Å². The van der Waals surface area contributed by atoms with E-state index < -0.39 is 0 Å². The first-order valence-electron chi connectivity index (χ1n) is 6.55. The number of nitrogens with zero attached hydrogens (tertiary/aromatic N) is 3. The van der Waals surface area contributed by atoms with E-state index in [1.807, 2.05) is 19.9 Å². The minimum absolute atomic E-state index is 0.607. The number of aromatic nitrogens is 2. The molecule has 6 heteroatoms. The van der Waals surface area contributed by atoms with Crippen LogP contribution in [-0.4, -0.2) is 61.9 Å². The van der Waals surface area contributed by atoms with Crippen LogP contribution in [0, 0.1) is 6.92 Å². The van der Waals surface area contributed by atoms with Gasteiger partial charge in [-0.2, -0.15) is 4.98 Å². The zero-order valence-corrected chi connectivity index (χ0v) is 12.3. The maximum absolute atomic E-state index is 5.39. The van der Waals surface area contributed by atoms with Gasteiger partial charge in [0.2, 0.25) is 11.8 Å². The Morgan fingerprint density at radius 1 is 1.32 bits per heavy atom. The summed E-state index contributed by atoms with van der Waals surface area (Å²) in [5.41, 5.74) is 0.897. The lowest BCUT2D eigenvalue weighted by Gasteiger charge is -2.16. The van der Waals surface area contributed by atoms with Crippen molar-refractivity contribution in [2.45, 2.75) is 13.8 Å². The number of nitrogens with one attached hydrogen (secondary N) is 1. The molecular weight excluding hydrogens is 244 g/mol. The topological polar surface area (TPSA) is 59.5 Å². The second-order valence-electron chi connectivity index (χ2n) is 4.33. The summed E-state index contributed by atoms with van der Waals surface area (Å²) >= 11 is 0. The predicted octanol–water partition coefficient (Wildman–Crippen LogP) is 1.17. The summed E-state index contributed by atoms with van der Waals surface area (Å²) in [7, 11) is 3.77. The Balaban J connectivity index is 2.40. The molecule has 0 bridgehead atoms. The van der Waals surface area contributed by atoms with Gasteiger partial charge in [-0.05, 0) is 20.9 Å². The number of hydrogen-bond donors (Lipinski definition) is 1. The van der Waals surface area contributed by atoms with E-state index in [2.05, 4.69) is 27.2 Å². The molecule has 0 amide bonds. The average molecular weight is 268 g/mol. The Hall–Kier alpha value is -1.40. The van der Waals surface area contributed by atoms with Crippen LogP contribution in [0.3, 0.4) is 0 Å². The summed E-state index contributed by atoms with van der Waals surface area (Å²) in [6, 6.07) is 1.83. The van der Waals surface area contributed by atoms with Gasteiger partial charge in [-0.25, -0.2) is 4.98 Å². The van der Waals surface area contributed by atoms with Crippen molar-refractivity contribution >= 4 is 5.95 Å². The fraction of sp³-hybridized carbons (Fsp3) is 0.692. The SMILES string of the molecule is CCOc1cc(C)nc(NCCN(C)CCOC)n1. The largest absolute Gasteiger partial charge is 0.478 e. The first-order valence-corrected chi connectivity index (χ1v) is 6.55. The average Bonchev–Trinajstić information content (AvgIpc) is 2.36. The Morgan fingerprint density at radius 2 is 2.11 bits per heavy atom. The standard InChI is InChI=1S/C13H24N4O2/c1-5-19-12-10-11(2)15-13(16-12)14-6-7-17(3)8-9-18-4/h10H,5-9H2,1-4H3,(H,14,15,16). The zero-order chi connectivity index (χ0) is 14.1. The smallest absolute Gasteiger partial charge is 0.226 e. The minimum atomic E-state index is 0.607. The van der Waals surface area contributed by atoms with E-state index in [-0.39, 0.29) is 0 Å². The molecule has 6 nitrogen and oxygen atoms in total. The Labute approximate surface area is 115 Å². The highest BCUT2D eigenvalue weighted by Crippen LogP contribution is 2.11. The molecule has 0 saturated carbocycles. The third kappa shape index (κ3) is 6.35. The fourth-order valence-electron chi connectivity index (χ4n) is 1.56. The van der Waals surface area contributed by atoms with Crippen LogP contribution in [0.4, 0.5) is 5.95 Å². The Bertz CT molecular complexity index is 374. The molecule has 1 aromatic heterocycles. The van der Waals surface area contributed by atoms with Crippen LogP contribution in [0.15, 0.2) is 6.07 Å². The van der Waals surface area contributed by atoms with Crippen molar-refractivity contribution in [3.05, 3.63) is 11.8 Å². The van der Waals surface area contributed by atoms with Crippen LogP contribution in [0.25, 0.3) is 0 Å². The van der Waals surface area contributed by atoms with Crippen molar-refractivity contribution in [2.75, 3.05) is 52.3 Å². The molecule has 1 N–H and O–H groups in total. The van der Waals surface area contributed by atoms with Gasteiger partial charge in [0.05, 0.1) is 13.2 Å². The second-order valence-corrected chi connectivity index (χ2v) is 4.33. The summed E-state index contributed by atoms with van der Waals surface area (Å²) < 4.78 is 10.4. The van der Waals surface area contributed by atoms with Crippen LogP contribution in [0.1, 0.15) is 12.6 Å². The molecule has 0 unspecified atom stereocenters. The van der Waals surface area contributed by atoms with Gasteiger partial charge < -0.3 is 19.7 Å². The van der Waals surface area contributed by atoms with E-state index >= 15 is 0 Å².